The number of nitrogens with two attached hydrogens (primary N) is 2. The number of nitrogens with zero attached hydrogens (tertiary/aromatic N) is 1. The van der Waals surface area contributed by atoms with Gasteiger partial charge in [-0.05, 0) is 186 Å². The van der Waals surface area contributed by atoms with Gasteiger partial charge >= 0.3 is 0 Å². The van der Waals surface area contributed by atoms with E-state index in [-0.39, 0.29) is 62.8 Å². The fourth-order valence-electron chi connectivity index (χ4n) is 12.4. The van der Waals surface area contributed by atoms with Gasteiger partial charge in [-0.25, -0.2) is 0 Å². The number of hydrogen-bond acceptors (Lipinski definition) is 21. The number of amides is 20. The van der Waals surface area contributed by atoms with E-state index in [2.05, 4.69) is 90.4 Å². The van der Waals surface area contributed by atoms with Gasteiger partial charge in [0.2, 0.25) is 118 Å². The number of rotatable bonds is 49. The molecule has 1 aliphatic heterocycles. The van der Waals surface area contributed by atoms with Crippen LogP contribution in [-0.4, -0.2) is 247 Å². The van der Waals surface area contributed by atoms with Crippen LogP contribution in [0.2, 0.25) is 0 Å². The molecular weight excluding hydrogens is 1580 g/mol. The first-order valence-electron chi connectivity index (χ1n) is 40.9. The molecule has 1 saturated heterocycles. The van der Waals surface area contributed by atoms with Crippen molar-refractivity contribution in [3.8, 4) is 0 Å². The molecule has 22 N–H and O–H groups in total. The van der Waals surface area contributed by atoms with Gasteiger partial charge in [0, 0.05) is 26.3 Å². The van der Waals surface area contributed by atoms with E-state index in [9.17, 15) is 101 Å². The van der Waals surface area contributed by atoms with Crippen LogP contribution >= 0.6 is 0 Å². The highest BCUT2D eigenvalue weighted by Crippen LogP contribution is 2.25. The van der Waals surface area contributed by atoms with Gasteiger partial charge in [0.05, 0.1) is 25.7 Å². The van der Waals surface area contributed by atoms with Crippen molar-refractivity contribution in [3.05, 3.63) is 0 Å². The molecule has 1 rings (SSSR count). The topological polar surface area (TPSA) is 621 Å². The highest BCUT2D eigenvalue weighted by Gasteiger charge is 2.48. The van der Waals surface area contributed by atoms with Crippen LogP contribution in [0, 0.1) is 23.7 Å². The molecule has 41 heteroatoms. The lowest BCUT2D eigenvalue weighted by Crippen LogP contribution is -2.66. The summed E-state index contributed by atoms with van der Waals surface area (Å²) >= 11 is 0. The van der Waals surface area contributed by atoms with Gasteiger partial charge in [-0.3, -0.25) is 95.9 Å². The van der Waals surface area contributed by atoms with E-state index in [0.29, 0.717) is 12.8 Å². The third-order valence-electron chi connectivity index (χ3n) is 19.9. The first kappa shape index (κ1) is 108. The second-order valence-corrected chi connectivity index (χ2v) is 36.6. The Kier molecular flexibility index (Phi) is 41.1. The second-order valence-electron chi connectivity index (χ2n) is 36.6. The number of aliphatic hydroxyl groups excluding tert-OH is 1. The lowest BCUT2D eigenvalue weighted by atomic mass is 9.93. The normalized spacial score (nSPS) is 15.6. The maximum atomic E-state index is 14.4. The van der Waals surface area contributed by atoms with E-state index in [1.54, 1.807) is 41.5 Å². The number of primary amides is 2. The number of aliphatic hydroxyl groups is 1. The minimum Gasteiger partial charge on any atom is -0.394 e. The molecular formula is C80H140N20O21. The molecule has 9 unspecified atom stereocenters. The molecule has 1 fully saturated rings. The number of carbonyl (C=O) groups excluding carboxylic acids is 20. The number of hydrogen-bond donors (Lipinski definition) is 20. The summed E-state index contributed by atoms with van der Waals surface area (Å²) in [5, 5.41) is 53.3. The van der Waals surface area contributed by atoms with Crippen LogP contribution in [0.1, 0.15) is 244 Å². The Bertz CT molecular complexity index is 3790. The van der Waals surface area contributed by atoms with Crippen LogP contribution in [0.15, 0.2) is 0 Å². The Morgan fingerprint density at radius 1 is 0.397 bits per heavy atom. The van der Waals surface area contributed by atoms with E-state index in [0.717, 1.165) is 0 Å². The maximum absolute atomic E-state index is 14.4. The van der Waals surface area contributed by atoms with E-state index < -0.39 is 249 Å². The molecule has 9 atom stereocenters. The molecule has 686 valence electrons. The Hall–Kier alpha value is -10.6. The summed E-state index contributed by atoms with van der Waals surface area (Å²) in [7, 11) is 0. The lowest BCUT2D eigenvalue weighted by molar-refractivity contribution is -0.146. The molecule has 0 aliphatic carbocycles. The predicted octanol–water partition coefficient (Wildman–Crippen LogP) is -3.49. The van der Waals surface area contributed by atoms with E-state index in [4.69, 9.17) is 11.5 Å². The van der Waals surface area contributed by atoms with Gasteiger partial charge in [-0.15, -0.1) is 0 Å². The van der Waals surface area contributed by atoms with Crippen LogP contribution < -0.4 is 102 Å². The van der Waals surface area contributed by atoms with E-state index in [1.165, 1.54) is 130 Å². The molecule has 0 radical (unpaired) electrons. The maximum Gasteiger partial charge on any atom is 0.248 e. The summed E-state index contributed by atoms with van der Waals surface area (Å²) in [6, 6.07) is -9.86. The quantitative estimate of drug-likeness (QED) is 0.0281. The molecule has 1 heterocycles. The highest BCUT2D eigenvalue weighted by atomic mass is 16.3. The second kappa shape index (κ2) is 45.8. The monoisotopic (exact) mass is 1720 g/mol. The van der Waals surface area contributed by atoms with E-state index in [1.807, 2.05) is 13.8 Å². The summed E-state index contributed by atoms with van der Waals surface area (Å²) in [4.78, 5) is 271. The van der Waals surface area contributed by atoms with Crippen molar-refractivity contribution in [2.45, 2.75) is 337 Å². The van der Waals surface area contributed by atoms with E-state index >= 15 is 0 Å². The van der Waals surface area contributed by atoms with Crippen LogP contribution in [-0.2, 0) is 95.9 Å². The summed E-state index contributed by atoms with van der Waals surface area (Å²) < 4.78 is 0. The van der Waals surface area contributed by atoms with Gasteiger partial charge in [-0.2, -0.15) is 0 Å². The van der Waals surface area contributed by atoms with Gasteiger partial charge < -0.3 is 112 Å². The van der Waals surface area contributed by atoms with Crippen molar-refractivity contribution in [2.75, 3.05) is 26.2 Å². The van der Waals surface area contributed by atoms with Gasteiger partial charge in [0.1, 0.15) is 86.6 Å². The van der Waals surface area contributed by atoms with Gasteiger partial charge in [-0.1, -0.05) is 62.3 Å². The van der Waals surface area contributed by atoms with Crippen LogP contribution in [0.4, 0.5) is 0 Å². The molecule has 41 nitrogen and oxygen atoms in total. The first-order chi connectivity index (χ1) is 55.1. The molecule has 0 aromatic rings. The Balaban J connectivity index is 3.19. The van der Waals surface area contributed by atoms with Crippen molar-refractivity contribution in [2.24, 2.45) is 35.1 Å². The minimum absolute atomic E-state index is 0.0413. The molecule has 20 amide bonds. The van der Waals surface area contributed by atoms with Crippen molar-refractivity contribution in [3.63, 3.8) is 0 Å². The summed E-state index contributed by atoms with van der Waals surface area (Å²) in [6.07, 6.45) is -0.449. The average Bonchev–Trinajstić information content (AvgIpc) is 1.66. The molecule has 0 bridgehead atoms. The van der Waals surface area contributed by atoms with Crippen molar-refractivity contribution in [1.82, 2.24) is 95.3 Å². The van der Waals surface area contributed by atoms with Gasteiger partial charge in [0.15, 0.2) is 0 Å². The summed E-state index contributed by atoms with van der Waals surface area (Å²) in [6.45, 7) is 36.7. The average molecular weight is 1720 g/mol. The Morgan fingerprint density at radius 3 is 1.23 bits per heavy atom. The summed E-state index contributed by atoms with van der Waals surface area (Å²) in [5.74, 6) is -17.2. The molecule has 1 aliphatic rings. The third-order valence-corrected chi connectivity index (χ3v) is 19.9. The molecule has 121 heavy (non-hydrogen) atoms. The molecule has 0 saturated carbocycles. The third kappa shape index (κ3) is 35.5. The van der Waals surface area contributed by atoms with Crippen molar-refractivity contribution >= 4 is 118 Å². The zero-order valence-corrected chi connectivity index (χ0v) is 75.5. The number of likely N-dealkylation sites (tertiary alicyclic amines) is 1. The Morgan fingerprint density at radius 2 is 0.793 bits per heavy atom. The van der Waals surface area contributed by atoms with Crippen LogP contribution in [0.5, 0.6) is 0 Å². The summed E-state index contributed by atoms with van der Waals surface area (Å²) in [5.41, 5.74) is -3.04. The Labute approximate surface area is 709 Å². The standard InChI is InChI=1S/C80H140N20O21/c1-27-80(26,97-60(109)49(31-33-54(82)104)90-67(116)75(16,17)94-61(110)50(36-42(4)5)87-58(107)45(10)85-55(105)38-83-65(114)73(12,13)92-46(11)102)71(120)91-57(44(8)9)64(113)96-74(14,15)66(115)84-39-56(106)93-77(20,21)69(118)99-79(24,25)72(121)100-34-28-29-52(100)63(112)88-51(37-43(6)7)62(111)95-78(22,23)70(119)98-76(18,19)68(117)89-48(30-32-53(81)103)59(108)86-47(40-101)35-41(2)3/h41-45,47-52,57,101H,27-40H2,1-26H3,(H2,81,103)(H2,82,104)(H,83,114)(H,84,115)(H,85,105)(H,86,108)(H,87,107)(H,88,112)(H,89,117)(H,90,116)(H,91,120)(H,92,102)(H,93,106)(H,94,110)(H,95,111)(H,96,113)(H,97,109)(H,98,119)(H,99,118). The molecule has 0 spiro atoms. The van der Waals surface area contributed by atoms with Crippen LogP contribution in [0.3, 0.4) is 0 Å². The van der Waals surface area contributed by atoms with Crippen LogP contribution in [0.25, 0.3) is 0 Å². The van der Waals surface area contributed by atoms with Crippen molar-refractivity contribution in [1.29, 1.82) is 0 Å². The number of carbonyl (C=O) groups is 20. The minimum atomic E-state index is -1.85. The smallest absolute Gasteiger partial charge is 0.248 e. The van der Waals surface area contributed by atoms with Crippen molar-refractivity contribution < 1.29 is 101 Å². The zero-order chi connectivity index (χ0) is 94.0. The fraction of sp³-hybridized carbons (Fsp3) is 0.750. The zero-order valence-electron chi connectivity index (χ0n) is 75.5. The highest BCUT2D eigenvalue weighted by molar-refractivity contribution is 6.04. The SMILES string of the molecule is CCC(C)(NC(=O)C(CCC(N)=O)NC(=O)C(C)(C)NC(=O)C(CC(C)C)NC(=O)C(C)NC(=O)CNC(=O)C(C)(C)NC(C)=O)C(=O)NC(C(=O)NC(C)(C)C(=O)NCC(=O)NC(C)(C)C(=O)NC(C)(C)C(=O)N1CCCC1C(=O)NC(CC(C)C)C(=O)NC(C)(C)C(=O)NC(C)(C)C(=O)NC(CCC(N)=O)C(=O)NC(CO)CC(C)C)C(C)C. The van der Waals surface area contributed by atoms with Gasteiger partial charge in [0.25, 0.3) is 0 Å². The fourth-order valence-corrected chi connectivity index (χ4v) is 12.4. The number of nitrogens with one attached hydrogen (secondary N) is 17. The first-order valence-corrected chi connectivity index (χ1v) is 40.9. The largest absolute Gasteiger partial charge is 0.394 e. The molecule has 0 aromatic carbocycles. The predicted molar refractivity (Wildman–Crippen MR) is 445 cm³/mol. The lowest BCUT2D eigenvalue weighted by Gasteiger charge is -2.36. The molecule has 0 aromatic heterocycles.